The molecule has 316 valence electrons. The Morgan fingerprint density at radius 2 is 0.811 bits per heavy atom. The summed E-state index contributed by atoms with van der Waals surface area (Å²) in [5.74, 6) is -0.821. The molecule has 0 aromatic heterocycles. The van der Waals surface area contributed by atoms with Gasteiger partial charge in [-0.15, -0.1) is 0 Å². The highest BCUT2D eigenvalue weighted by Gasteiger charge is 2.26. The number of phosphoric ester groups is 1. The zero-order chi connectivity index (χ0) is 38.9. The molecule has 0 aromatic carbocycles. The normalized spacial score (nSPS) is 13.2. The number of ether oxygens (including phenoxy) is 2. The van der Waals surface area contributed by atoms with Crippen LogP contribution >= 0.6 is 7.82 Å². The lowest BCUT2D eigenvalue weighted by Gasteiger charge is -2.19. The van der Waals surface area contributed by atoms with Crippen molar-refractivity contribution in [2.45, 2.75) is 238 Å². The number of carbonyl (C=O) groups excluding carboxylic acids is 2. The number of hydrogen-bond donors (Lipinski definition) is 2. The highest BCUT2D eigenvalue weighted by Crippen LogP contribution is 2.43. The first-order chi connectivity index (χ1) is 25.8. The van der Waals surface area contributed by atoms with E-state index in [1.807, 2.05) is 0 Å². The molecule has 53 heavy (non-hydrogen) atoms. The average molecular weight is 776 g/mol. The first kappa shape index (κ1) is 52.0. The molecule has 0 aromatic rings. The second kappa shape index (κ2) is 40.7. The lowest BCUT2D eigenvalue weighted by molar-refractivity contribution is -0.161. The van der Waals surface area contributed by atoms with Gasteiger partial charge >= 0.3 is 19.8 Å². The van der Waals surface area contributed by atoms with Crippen LogP contribution in [0.2, 0.25) is 0 Å². The maximum Gasteiger partial charge on any atom is 0.472 e. The van der Waals surface area contributed by atoms with Gasteiger partial charge in [0.1, 0.15) is 6.61 Å². The molecular formula is C43H86NO8P. The van der Waals surface area contributed by atoms with E-state index in [1.165, 1.54) is 167 Å². The number of hydrogen-bond acceptors (Lipinski definition) is 8. The van der Waals surface area contributed by atoms with Crippen LogP contribution in [0, 0.1) is 0 Å². The van der Waals surface area contributed by atoms with Crippen LogP contribution in [-0.4, -0.2) is 49.3 Å². The average Bonchev–Trinajstić information content (AvgIpc) is 3.14. The summed E-state index contributed by atoms with van der Waals surface area (Å²) < 4.78 is 32.6. The molecule has 0 amide bonds. The van der Waals surface area contributed by atoms with Crippen molar-refractivity contribution in [2.24, 2.45) is 5.73 Å². The summed E-state index contributed by atoms with van der Waals surface area (Å²) >= 11 is 0. The molecule has 9 nitrogen and oxygen atoms in total. The fourth-order valence-corrected chi connectivity index (χ4v) is 7.40. The van der Waals surface area contributed by atoms with Gasteiger partial charge in [0.15, 0.2) is 6.10 Å². The van der Waals surface area contributed by atoms with Crippen LogP contribution in [0.15, 0.2) is 0 Å². The largest absolute Gasteiger partial charge is 0.472 e. The fraction of sp³-hybridized carbons (Fsp3) is 0.953. The highest BCUT2D eigenvalue weighted by atomic mass is 31.2. The van der Waals surface area contributed by atoms with E-state index in [0.717, 1.165) is 32.1 Å². The fourth-order valence-electron chi connectivity index (χ4n) is 6.64. The number of unbranched alkanes of at least 4 members (excludes halogenated alkanes) is 30. The second-order valence-corrected chi connectivity index (χ2v) is 16.7. The van der Waals surface area contributed by atoms with Crippen LogP contribution in [0.3, 0.4) is 0 Å². The summed E-state index contributed by atoms with van der Waals surface area (Å²) in [6.45, 7) is 3.72. The third-order valence-corrected chi connectivity index (χ3v) is 11.0. The highest BCUT2D eigenvalue weighted by molar-refractivity contribution is 7.47. The quantitative estimate of drug-likeness (QED) is 0.0352. The lowest BCUT2D eigenvalue weighted by atomic mass is 10.0. The Morgan fingerprint density at radius 1 is 0.491 bits per heavy atom. The van der Waals surface area contributed by atoms with Crippen LogP contribution < -0.4 is 5.73 Å². The smallest absolute Gasteiger partial charge is 0.462 e. The van der Waals surface area contributed by atoms with Crippen molar-refractivity contribution >= 4 is 19.8 Å². The van der Waals surface area contributed by atoms with E-state index < -0.39 is 26.5 Å². The minimum Gasteiger partial charge on any atom is -0.462 e. The monoisotopic (exact) mass is 776 g/mol. The van der Waals surface area contributed by atoms with E-state index in [1.54, 1.807) is 0 Å². The molecule has 0 aliphatic heterocycles. The molecule has 0 spiro atoms. The van der Waals surface area contributed by atoms with E-state index in [0.29, 0.717) is 6.42 Å². The molecule has 0 heterocycles. The van der Waals surface area contributed by atoms with Crippen LogP contribution in [0.4, 0.5) is 0 Å². The van der Waals surface area contributed by atoms with Gasteiger partial charge in [-0.1, -0.05) is 206 Å². The van der Waals surface area contributed by atoms with Gasteiger partial charge in [-0.3, -0.25) is 18.6 Å². The van der Waals surface area contributed by atoms with Gasteiger partial charge < -0.3 is 20.1 Å². The van der Waals surface area contributed by atoms with Crippen molar-refractivity contribution in [2.75, 3.05) is 26.4 Å². The van der Waals surface area contributed by atoms with Crippen LogP contribution in [0.25, 0.3) is 0 Å². The van der Waals surface area contributed by atoms with Gasteiger partial charge in [0.25, 0.3) is 0 Å². The van der Waals surface area contributed by atoms with Gasteiger partial charge in [-0.25, -0.2) is 4.57 Å². The summed E-state index contributed by atoms with van der Waals surface area (Å²) in [7, 11) is -4.36. The van der Waals surface area contributed by atoms with Gasteiger partial charge in [0, 0.05) is 19.4 Å². The molecule has 3 N–H and O–H groups in total. The van der Waals surface area contributed by atoms with Gasteiger partial charge in [-0.2, -0.15) is 0 Å². The molecule has 10 heteroatoms. The first-order valence-corrected chi connectivity index (χ1v) is 24.0. The second-order valence-electron chi connectivity index (χ2n) is 15.3. The predicted molar refractivity (Wildman–Crippen MR) is 220 cm³/mol. The summed E-state index contributed by atoms with van der Waals surface area (Å²) in [4.78, 5) is 34.6. The topological polar surface area (TPSA) is 134 Å². The Balaban J connectivity index is 3.86. The van der Waals surface area contributed by atoms with E-state index in [2.05, 4.69) is 13.8 Å². The number of phosphoric acid groups is 1. The summed E-state index contributed by atoms with van der Waals surface area (Å²) in [6.07, 6.45) is 40.3. The number of rotatable bonds is 43. The van der Waals surface area contributed by atoms with Crippen molar-refractivity contribution in [1.29, 1.82) is 0 Å². The van der Waals surface area contributed by atoms with Gasteiger partial charge in [0.05, 0.1) is 13.2 Å². The van der Waals surface area contributed by atoms with Gasteiger partial charge in [-0.05, 0) is 12.8 Å². The number of esters is 2. The van der Waals surface area contributed by atoms with Crippen LogP contribution in [0.1, 0.15) is 232 Å². The summed E-state index contributed by atoms with van der Waals surface area (Å²) in [6, 6.07) is 0. The zero-order valence-electron chi connectivity index (χ0n) is 34.8. The van der Waals surface area contributed by atoms with E-state index in [-0.39, 0.29) is 38.6 Å². The minimum absolute atomic E-state index is 0.0577. The molecule has 0 fully saturated rings. The molecule has 0 radical (unpaired) electrons. The van der Waals surface area contributed by atoms with Gasteiger partial charge in [0.2, 0.25) is 0 Å². The number of nitrogens with two attached hydrogens (primary N) is 1. The number of carbonyl (C=O) groups is 2. The molecule has 0 rings (SSSR count). The SMILES string of the molecule is CCCCCCCCCCCCCCCCCCCCCCCCCCCC(=O)OC(COC(=O)CCCCCCCCC)COP(=O)(O)OCCN. The molecule has 0 aliphatic carbocycles. The summed E-state index contributed by atoms with van der Waals surface area (Å²) in [5.41, 5.74) is 5.33. The first-order valence-electron chi connectivity index (χ1n) is 22.5. The Morgan fingerprint density at radius 3 is 1.15 bits per heavy atom. The van der Waals surface area contributed by atoms with E-state index >= 15 is 0 Å². The molecule has 0 bridgehead atoms. The van der Waals surface area contributed by atoms with E-state index in [9.17, 15) is 19.0 Å². The Bertz CT molecular complexity index is 845. The molecular weight excluding hydrogens is 689 g/mol. The Labute approximate surface area is 327 Å². The summed E-state index contributed by atoms with van der Waals surface area (Å²) in [5, 5.41) is 0. The maximum absolute atomic E-state index is 12.5. The molecule has 0 saturated carbocycles. The van der Waals surface area contributed by atoms with Crippen molar-refractivity contribution in [1.82, 2.24) is 0 Å². The molecule has 2 unspecified atom stereocenters. The third-order valence-electron chi connectivity index (χ3n) is 9.99. The predicted octanol–water partition coefficient (Wildman–Crippen LogP) is 12.8. The minimum atomic E-state index is -4.36. The van der Waals surface area contributed by atoms with Crippen molar-refractivity contribution in [3.05, 3.63) is 0 Å². The molecule has 2 atom stereocenters. The molecule has 0 aliphatic rings. The van der Waals surface area contributed by atoms with Crippen molar-refractivity contribution in [3.63, 3.8) is 0 Å². The van der Waals surface area contributed by atoms with Crippen molar-refractivity contribution < 1.29 is 37.6 Å². The third kappa shape index (κ3) is 40.5. The lowest BCUT2D eigenvalue weighted by Crippen LogP contribution is -2.29. The van der Waals surface area contributed by atoms with Crippen LogP contribution in [-0.2, 0) is 32.7 Å². The van der Waals surface area contributed by atoms with Crippen molar-refractivity contribution in [3.8, 4) is 0 Å². The standard InChI is InChI=1S/C43H86NO8P/c1-3-5-7-9-11-12-13-14-15-16-17-18-19-20-21-22-23-24-25-26-27-28-30-32-34-36-43(46)52-41(40-51-53(47,48)50-38-37-44)39-49-42(45)35-33-31-29-10-8-6-4-2/h41H,3-40,44H2,1-2H3,(H,47,48). The Hall–Kier alpha value is -0.990. The molecule has 0 saturated heterocycles. The van der Waals surface area contributed by atoms with Crippen LogP contribution in [0.5, 0.6) is 0 Å². The maximum atomic E-state index is 12.5. The van der Waals surface area contributed by atoms with E-state index in [4.69, 9.17) is 24.3 Å². The Kier molecular flexibility index (Phi) is 39.9. The zero-order valence-corrected chi connectivity index (χ0v) is 35.7.